The molecule has 0 saturated heterocycles. The van der Waals surface area contributed by atoms with Crippen LogP contribution in [-0.2, 0) is 10.8 Å². The van der Waals surface area contributed by atoms with E-state index in [-0.39, 0.29) is 5.75 Å². The van der Waals surface area contributed by atoms with Crippen molar-refractivity contribution in [2.75, 3.05) is 19.3 Å². The van der Waals surface area contributed by atoms with Crippen molar-refractivity contribution in [3.05, 3.63) is 0 Å². The molecule has 0 bridgehead atoms. The number of alkyl halides is 2. The Labute approximate surface area is 55.1 Å². The van der Waals surface area contributed by atoms with Crippen LogP contribution in [0.5, 0.6) is 0 Å². The lowest BCUT2D eigenvalue weighted by molar-refractivity contribution is 0.244. The molecule has 1 N–H and O–H groups in total. The van der Waals surface area contributed by atoms with Crippen molar-refractivity contribution in [2.24, 2.45) is 0 Å². The molecule has 0 fully saturated rings. The molecule has 0 aliphatic heterocycles. The highest BCUT2D eigenvalue weighted by Crippen LogP contribution is 1.97. The number of hydrogen-bond acceptors (Lipinski definition) is 2. The number of rotatable bonds is 4. The van der Waals surface area contributed by atoms with E-state index in [2.05, 4.69) is 5.32 Å². The molecule has 0 saturated carbocycles. The Morgan fingerprint density at radius 2 is 2.22 bits per heavy atom. The molecule has 0 amide bonds. The molecule has 1 unspecified atom stereocenters. The van der Waals surface area contributed by atoms with Crippen LogP contribution in [0.15, 0.2) is 0 Å². The first-order valence-electron chi connectivity index (χ1n) is 2.48. The van der Waals surface area contributed by atoms with Gasteiger partial charge in [-0.15, -0.1) is 0 Å². The van der Waals surface area contributed by atoms with Gasteiger partial charge < -0.3 is 5.32 Å². The Morgan fingerprint density at radius 3 is 2.56 bits per heavy atom. The van der Waals surface area contributed by atoms with Gasteiger partial charge in [-0.25, -0.2) is 0 Å². The second kappa shape index (κ2) is 4.81. The molecular weight excluding hydrogens is 148 g/mol. The van der Waals surface area contributed by atoms with Crippen LogP contribution < -0.4 is 5.32 Å². The van der Waals surface area contributed by atoms with Gasteiger partial charge in [0.2, 0.25) is 0 Å². The summed E-state index contributed by atoms with van der Waals surface area (Å²) < 4.78 is 33.1. The SMILES string of the molecule is CNCCS(=O)C(F)F. The fraction of sp³-hybridized carbons (Fsp3) is 1.00. The average molecular weight is 157 g/mol. The van der Waals surface area contributed by atoms with Crippen LogP contribution in [0.3, 0.4) is 0 Å². The van der Waals surface area contributed by atoms with E-state index in [1.54, 1.807) is 7.05 Å². The Kier molecular flexibility index (Phi) is 4.80. The minimum absolute atomic E-state index is 0.0220. The van der Waals surface area contributed by atoms with Gasteiger partial charge in [-0.1, -0.05) is 0 Å². The van der Waals surface area contributed by atoms with Gasteiger partial charge >= 0.3 is 5.76 Å². The zero-order valence-corrected chi connectivity index (χ0v) is 5.88. The first-order chi connectivity index (χ1) is 4.18. The zero-order valence-electron chi connectivity index (χ0n) is 5.06. The molecule has 0 radical (unpaired) electrons. The van der Waals surface area contributed by atoms with Crippen molar-refractivity contribution in [1.29, 1.82) is 0 Å². The van der Waals surface area contributed by atoms with Crippen molar-refractivity contribution >= 4 is 10.8 Å². The molecule has 0 aromatic heterocycles. The summed E-state index contributed by atoms with van der Waals surface area (Å²) in [5.41, 5.74) is 0. The Balaban J connectivity index is 3.28. The van der Waals surface area contributed by atoms with Gasteiger partial charge in [0.05, 0.1) is 10.8 Å². The Morgan fingerprint density at radius 1 is 1.67 bits per heavy atom. The summed E-state index contributed by atoms with van der Waals surface area (Å²) in [6.07, 6.45) is 0. The lowest BCUT2D eigenvalue weighted by Crippen LogP contribution is -2.18. The number of nitrogens with one attached hydrogen (secondary N) is 1. The lowest BCUT2D eigenvalue weighted by atomic mass is 10.8. The highest BCUT2D eigenvalue weighted by molar-refractivity contribution is 7.85. The number of halogens is 2. The fourth-order valence-electron chi connectivity index (χ4n) is 0.292. The molecule has 5 heteroatoms. The predicted molar refractivity (Wildman–Crippen MR) is 32.9 cm³/mol. The molecule has 0 aromatic carbocycles. The molecular formula is C4H9F2NOS. The standard InChI is InChI=1S/C4H9F2NOS/c1-7-2-3-9(8)4(5)6/h4,7H,2-3H2,1H3. The number of hydrogen-bond donors (Lipinski definition) is 1. The summed E-state index contributed by atoms with van der Waals surface area (Å²) >= 11 is 0. The maximum atomic E-state index is 11.4. The summed E-state index contributed by atoms with van der Waals surface area (Å²) in [7, 11) is -0.340. The van der Waals surface area contributed by atoms with E-state index in [4.69, 9.17) is 0 Å². The van der Waals surface area contributed by atoms with Crippen molar-refractivity contribution in [2.45, 2.75) is 5.76 Å². The van der Waals surface area contributed by atoms with Gasteiger partial charge in [0.15, 0.2) is 0 Å². The summed E-state index contributed by atoms with van der Waals surface area (Å²) in [4.78, 5) is 0. The van der Waals surface area contributed by atoms with Crippen LogP contribution in [0.2, 0.25) is 0 Å². The van der Waals surface area contributed by atoms with E-state index < -0.39 is 16.6 Å². The molecule has 2 nitrogen and oxygen atoms in total. The summed E-state index contributed by atoms with van der Waals surface area (Å²) in [6.45, 7) is 0.372. The molecule has 56 valence electrons. The second-order valence-electron chi connectivity index (χ2n) is 1.45. The summed E-state index contributed by atoms with van der Waals surface area (Å²) in [5.74, 6) is -2.67. The monoisotopic (exact) mass is 157 g/mol. The third-order valence-corrected chi connectivity index (χ3v) is 1.76. The third-order valence-electron chi connectivity index (χ3n) is 0.752. The van der Waals surface area contributed by atoms with E-state index in [9.17, 15) is 13.0 Å². The smallest absolute Gasteiger partial charge is 0.311 e. The van der Waals surface area contributed by atoms with Crippen molar-refractivity contribution < 1.29 is 13.0 Å². The first-order valence-corrected chi connectivity index (χ1v) is 3.86. The lowest BCUT2D eigenvalue weighted by Gasteiger charge is -1.97. The molecule has 0 rings (SSSR count). The van der Waals surface area contributed by atoms with Crippen LogP contribution >= 0.6 is 0 Å². The molecule has 9 heavy (non-hydrogen) atoms. The largest absolute Gasteiger partial charge is 0.319 e. The van der Waals surface area contributed by atoms with Crippen molar-refractivity contribution in [3.63, 3.8) is 0 Å². The molecule has 0 spiro atoms. The van der Waals surface area contributed by atoms with Crippen LogP contribution in [0.4, 0.5) is 8.78 Å². The molecule has 0 aliphatic carbocycles. The maximum absolute atomic E-state index is 11.4. The Hall–Kier alpha value is -0.0300. The topological polar surface area (TPSA) is 29.1 Å². The first kappa shape index (κ1) is 8.97. The van der Waals surface area contributed by atoms with E-state index in [1.165, 1.54) is 0 Å². The molecule has 0 heterocycles. The van der Waals surface area contributed by atoms with E-state index in [0.29, 0.717) is 6.54 Å². The minimum atomic E-state index is -2.70. The fourth-order valence-corrected chi connectivity index (χ4v) is 0.875. The van der Waals surface area contributed by atoms with Crippen LogP contribution in [0.1, 0.15) is 0 Å². The van der Waals surface area contributed by atoms with E-state index in [1.807, 2.05) is 0 Å². The van der Waals surface area contributed by atoms with Crippen molar-refractivity contribution in [1.82, 2.24) is 5.32 Å². The second-order valence-corrected chi connectivity index (χ2v) is 2.98. The van der Waals surface area contributed by atoms with Gasteiger partial charge in [-0.05, 0) is 7.05 Å². The minimum Gasteiger partial charge on any atom is -0.319 e. The van der Waals surface area contributed by atoms with Gasteiger partial charge in [0.25, 0.3) is 0 Å². The average Bonchev–Trinajstić information content (AvgIpc) is 1.82. The Bertz CT molecular complexity index is 98.6. The maximum Gasteiger partial charge on any atom is 0.311 e. The highest BCUT2D eigenvalue weighted by Gasteiger charge is 2.10. The zero-order chi connectivity index (χ0) is 7.28. The van der Waals surface area contributed by atoms with Crippen LogP contribution in [0.25, 0.3) is 0 Å². The molecule has 0 aliphatic rings. The van der Waals surface area contributed by atoms with Gasteiger partial charge in [0, 0.05) is 12.3 Å². The summed E-state index contributed by atoms with van der Waals surface area (Å²) in [6, 6.07) is 0. The highest BCUT2D eigenvalue weighted by atomic mass is 32.2. The van der Waals surface area contributed by atoms with Gasteiger partial charge in [0.1, 0.15) is 0 Å². The van der Waals surface area contributed by atoms with Gasteiger partial charge in [-0.2, -0.15) is 8.78 Å². The molecule has 0 aromatic rings. The summed E-state index contributed by atoms with van der Waals surface area (Å²) in [5, 5.41) is 2.63. The quantitative estimate of drug-likeness (QED) is 0.630. The third kappa shape index (κ3) is 4.47. The predicted octanol–water partition coefficient (Wildman–Crippen LogP) is 0.177. The normalized spacial score (nSPS) is 14.2. The molecule has 1 atom stereocenters. The van der Waals surface area contributed by atoms with Crippen LogP contribution in [-0.4, -0.2) is 29.3 Å². The van der Waals surface area contributed by atoms with E-state index in [0.717, 1.165) is 0 Å². The van der Waals surface area contributed by atoms with E-state index >= 15 is 0 Å². The van der Waals surface area contributed by atoms with Crippen LogP contribution in [0, 0.1) is 0 Å². The van der Waals surface area contributed by atoms with Gasteiger partial charge in [-0.3, -0.25) is 4.21 Å². The van der Waals surface area contributed by atoms with Crippen molar-refractivity contribution in [3.8, 4) is 0 Å².